The Morgan fingerprint density at radius 2 is 1.81 bits per heavy atom. The summed E-state index contributed by atoms with van der Waals surface area (Å²) in [5.41, 5.74) is 0.536. The third kappa shape index (κ3) is 4.51. The van der Waals surface area contributed by atoms with E-state index in [1.807, 2.05) is 0 Å². The molecule has 1 atom stereocenters. The topological polar surface area (TPSA) is 35.5 Å². The monoisotopic (exact) mass is 364 g/mol. The summed E-state index contributed by atoms with van der Waals surface area (Å²) in [6, 6.07) is 11.2. The molecular formula is C20H19F3O3. The van der Waals surface area contributed by atoms with Crippen molar-refractivity contribution in [3.63, 3.8) is 0 Å². The van der Waals surface area contributed by atoms with Crippen molar-refractivity contribution < 1.29 is 27.4 Å². The van der Waals surface area contributed by atoms with Crippen LogP contribution in [0.3, 0.4) is 0 Å². The first-order valence-electron chi connectivity index (χ1n) is 8.48. The van der Waals surface area contributed by atoms with E-state index in [1.54, 1.807) is 24.3 Å². The van der Waals surface area contributed by atoms with Gasteiger partial charge in [0.2, 0.25) is 0 Å². The Hall–Kier alpha value is -2.18. The van der Waals surface area contributed by atoms with Gasteiger partial charge in [-0.2, -0.15) is 13.2 Å². The number of rotatable bonds is 5. The highest BCUT2D eigenvalue weighted by molar-refractivity contribution is 6.09. The Morgan fingerprint density at radius 3 is 2.46 bits per heavy atom. The van der Waals surface area contributed by atoms with E-state index in [-0.39, 0.29) is 24.2 Å². The molecule has 1 heterocycles. The minimum absolute atomic E-state index is 0.208. The summed E-state index contributed by atoms with van der Waals surface area (Å²) in [5, 5.41) is 0. The van der Waals surface area contributed by atoms with Crippen molar-refractivity contribution in [2.24, 2.45) is 0 Å². The summed E-state index contributed by atoms with van der Waals surface area (Å²) in [6.07, 6.45) is -1.83. The minimum Gasteiger partial charge on any atom is -0.353 e. The average Bonchev–Trinajstić information content (AvgIpc) is 2.66. The number of hydrogen-bond acceptors (Lipinski definition) is 3. The lowest BCUT2D eigenvalue weighted by molar-refractivity contribution is -0.168. The molecule has 138 valence electrons. The second-order valence-corrected chi connectivity index (χ2v) is 6.17. The van der Waals surface area contributed by atoms with Crippen LogP contribution in [0, 0.1) is 0 Å². The number of halogens is 3. The van der Waals surface area contributed by atoms with Gasteiger partial charge in [0, 0.05) is 17.7 Å². The fourth-order valence-corrected chi connectivity index (χ4v) is 2.86. The lowest BCUT2D eigenvalue weighted by atomic mass is 9.98. The maximum atomic E-state index is 12.7. The molecule has 26 heavy (non-hydrogen) atoms. The molecule has 3 rings (SSSR count). The van der Waals surface area contributed by atoms with Gasteiger partial charge in [-0.3, -0.25) is 4.79 Å². The Labute approximate surface area is 149 Å². The standard InChI is InChI=1S/C20H19F3O3/c21-20(22,23)16-10-8-14(9-11-16)19(24)17-6-2-1-5-15(17)13-26-18-7-3-4-12-25-18/h1-2,5-6,8-11,18H,3-4,7,12-13H2. The summed E-state index contributed by atoms with van der Waals surface area (Å²) in [6.45, 7) is 0.879. The van der Waals surface area contributed by atoms with Crippen LogP contribution in [0.4, 0.5) is 13.2 Å². The van der Waals surface area contributed by atoms with Crippen LogP contribution in [0.25, 0.3) is 0 Å². The van der Waals surface area contributed by atoms with E-state index in [9.17, 15) is 18.0 Å². The van der Waals surface area contributed by atoms with Gasteiger partial charge in [0.15, 0.2) is 12.1 Å². The molecule has 0 saturated carbocycles. The Kier molecular flexibility index (Phi) is 5.74. The van der Waals surface area contributed by atoms with Crippen molar-refractivity contribution in [1.82, 2.24) is 0 Å². The molecular weight excluding hydrogens is 345 g/mol. The van der Waals surface area contributed by atoms with E-state index in [0.29, 0.717) is 17.7 Å². The molecule has 0 amide bonds. The zero-order valence-corrected chi connectivity index (χ0v) is 14.1. The number of ether oxygens (including phenoxy) is 2. The van der Waals surface area contributed by atoms with Crippen molar-refractivity contribution >= 4 is 5.78 Å². The Morgan fingerprint density at radius 1 is 1.08 bits per heavy atom. The Bertz CT molecular complexity index is 748. The van der Waals surface area contributed by atoms with Crippen molar-refractivity contribution in [1.29, 1.82) is 0 Å². The summed E-state index contributed by atoms with van der Waals surface area (Å²) < 4.78 is 49.3. The van der Waals surface area contributed by atoms with E-state index >= 15 is 0 Å². The predicted octanol–water partition coefficient (Wildman–Crippen LogP) is 4.98. The minimum atomic E-state index is -4.42. The summed E-state index contributed by atoms with van der Waals surface area (Å²) in [5.74, 6) is -0.331. The molecule has 1 aliphatic heterocycles. The quantitative estimate of drug-likeness (QED) is 0.702. The fourth-order valence-electron chi connectivity index (χ4n) is 2.86. The van der Waals surface area contributed by atoms with Gasteiger partial charge < -0.3 is 9.47 Å². The average molecular weight is 364 g/mol. The van der Waals surface area contributed by atoms with E-state index < -0.39 is 11.7 Å². The molecule has 1 fully saturated rings. The first-order chi connectivity index (χ1) is 12.4. The molecule has 1 saturated heterocycles. The maximum Gasteiger partial charge on any atom is 0.416 e. The van der Waals surface area contributed by atoms with Crippen LogP contribution in [0.5, 0.6) is 0 Å². The molecule has 0 radical (unpaired) electrons. The normalized spacial score (nSPS) is 17.9. The van der Waals surface area contributed by atoms with Gasteiger partial charge in [-0.25, -0.2) is 0 Å². The van der Waals surface area contributed by atoms with Crippen LogP contribution in [-0.4, -0.2) is 18.7 Å². The second-order valence-electron chi connectivity index (χ2n) is 6.17. The Balaban J connectivity index is 1.74. The largest absolute Gasteiger partial charge is 0.416 e. The highest BCUT2D eigenvalue weighted by atomic mass is 19.4. The zero-order valence-electron chi connectivity index (χ0n) is 14.1. The third-order valence-corrected chi connectivity index (χ3v) is 4.30. The van der Waals surface area contributed by atoms with Crippen LogP contribution >= 0.6 is 0 Å². The molecule has 0 aliphatic carbocycles. The summed E-state index contributed by atoms with van der Waals surface area (Å²) in [7, 11) is 0. The van der Waals surface area contributed by atoms with Crippen molar-refractivity contribution in [3.8, 4) is 0 Å². The van der Waals surface area contributed by atoms with Crippen LogP contribution in [0.15, 0.2) is 48.5 Å². The van der Waals surface area contributed by atoms with Crippen molar-refractivity contribution in [3.05, 3.63) is 70.8 Å². The van der Waals surface area contributed by atoms with Crippen molar-refractivity contribution in [2.45, 2.75) is 38.3 Å². The number of ketones is 1. The molecule has 0 N–H and O–H groups in total. The zero-order chi connectivity index (χ0) is 18.6. The molecule has 1 aliphatic rings. The SMILES string of the molecule is O=C(c1ccc(C(F)(F)F)cc1)c1ccccc1COC1CCCCO1. The van der Waals surface area contributed by atoms with E-state index in [0.717, 1.165) is 31.4 Å². The molecule has 1 unspecified atom stereocenters. The van der Waals surface area contributed by atoms with Gasteiger partial charge >= 0.3 is 6.18 Å². The van der Waals surface area contributed by atoms with Gasteiger partial charge in [-0.1, -0.05) is 36.4 Å². The molecule has 0 bridgehead atoms. The van der Waals surface area contributed by atoms with Crippen LogP contribution in [0.2, 0.25) is 0 Å². The molecule has 0 aromatic heterocycles. The fraction of sp³-hybridized carbons (Fsp3) is 0.350. The lowest BCUT2D eigenvalue weighted by Gasteiger charge is -2.23. The second kappa shape index (κ2) is 8.01. The number of benzene rings is 2. The lowest BCUT2D eigenvalue weighted by Crippen LogP contribution is -2.22. The van der Waals surface area contributed by atoms with Crippen LogP contribution in [-0.2, 0) is 22.3 Å². The van der Waals surface area contributed by atoms with Gasteiger partial charge in [0.05, 0.1) is 12.2 Å². The highest BCUT2D eigenvalue weighted by Gasteiger charge is 2.30. The first-order valence-corrected chi connectivity index (χ1v) is 8.48. The number of carbonyl (C=O) groups is 1. The van der Waals surface area contributed by atoms with Crippen LogP contribution in [0.1, 0.15) is 46.3 Å². The predicted molar refractivity (Wildman–Crippen MR) is 89.7 cm³/mol. The van der Waals surface area contributed by atoms with Gasteiger partial charge in [0.25, 0.3) is 0 Å². The molecule has 3 nitrogen and oxygen atoms in total. The van der Waals surface area contributed by atoms with E-state index in [2.05, 4.69) is 0 Å². The van der Waals surface area contributed by atoms with Gasteiger partial charge in [-0.05, 0) is 37.0 Å². The highest BCUT2D eigenvalue weighted by Crippen LogP contribution is 2.29. The number of alkyl halides is 3. The molecule has 0 spiro atoms. The van der Waals surface area contributed by atoms with Gasteiger partial charge in [0.1, 0.15) is 0 Å². The summed E-state index contributed by atoms with van der Waals surface area (Å²) in [4.78, 5) is 12.7. The molecule has 2 aromatic rings. The van der Waals surface area contributed by atoms with Crippen molar-refractivity contribution in [2.75, 3.05) is 6.61 Å². The molecule has 6 heteroatoms. The first kappa shape index (κ1) is 18.6. The third-order valence-electron chi connectivity index (χ3n) is 4.30. The number of carbonyl (C=O) groups excluding carboxylic acids is 1. The van der Waals surface area contributed by atoms with E-state index in [1.165, 1.54) is 12.1 Å². The van der Waals surface area contributed by atoms with E-state index in [4.69, 9.17) is 9.47 Å². The molecule has 2 aromatic carbocycles. The van der Waals surface area contributed by atoms with Crippen LogP contribution < -0.4 is 0 Å². The maximum absolute atomic E-state index is 12.7. The smallest absolute Gasteiger partial charge is 0.353 e. The summed E-state index contributed by atoms with van der Waals surface area (Å²) >= 11 is 0. The van der Waals surface area contributed by atoms with Gasteiger partial charge in [-0.15, -0.1) is 0 Å². The number of hydrogen-bond donors (Lipinski definition) is 0.